The summed E-state index contributed by atoms with van der Waals surface area (Å²) in [6.07, 6.45) is 4.62. The number of benzene rings is 2. The number of hydrogen-bond acceptors (Lipinski definition) is 2. The van der Waals surface area contributed by atoms with Crippen molar-refractivity contribution in [1.29, 1.82) is 0 Å². The highest BCUT2D eigenvalue weighted by Crippen LogP contribution is 2.26. The molecular formula is C19H18N2O. The molecule has 0 amide bonds. The molecule has 1 atom stereocenters. The lowest BCUT2D eigenvalue weighted by atomic mass is 9.96. The zero-order valence-electron chi connectivity index (χ0n) is 12.4. The highest BCUT2D eigenvalue weighted by Gasteiger charge is 2.13. The van der Waals surface area contributed by atoms with Gasteiger partial charge in [-0.05, 0) is 22.8 Å². The van der Waals surface area contributed by atoms with Crippen molar-refractivity contribution in [2.24, 2.45) is 7.05 Å². The van der Waals surface area contributed by atoms with Crippen LogP contribution in [0.15, 0.2) is 79.1 Å². The summed E-state index contributed by atoms with van der Waals surface area (Å²) in [4.78, 5) is 4.22. The molecule has 0 saturated heterocycles. The van der Waals surface area contributed by atoms with E-state index in [4.69, 9.17) is 0 Å². The maximum Gasteiger partial charge on any atom is 0.141 e. The van der Waals surface area contributed by atoms with Crippen molar-refractivity contribution in [2.45, 2.75) is 6.10 Å². The first-order chi connectivity index (χ1) is 10.8. The van der Waals surface area contributed by atoms with Gasteiger partial charge in [-0.1, -0.05) is 60.7 Å². The van der Waals surface area contributed by atoms with Gasteiger partial charge in [0, 0.05) is 19.4 Å². The van der Waals surface area contributed by atoms with Crippen LogP contribution in [0.1, 0.15) is 23.1 Å². The van der Waals surface area contributed by atoms with E-state index in [1.807, 2.05) is 84.6 Å². The molecule has 1 N–H and O–H groups in total. The lowest BCUT2D eigenvalue weighted by molar-refractivity contribution is 0.215. The summed E-state index contributed by atoms with van der Waals surface area (Å²) >= 11 is 0. The third-order valence-corrected chi connectivity index (χ3v) is 3.62. The summed E-state index contributed by atoms with van der Waals surface area (Å²) in [6, 6.07) is 20.2. The molecule has 0 aliphatic rings. The van der Waals surface area contributed by atoms with Gasteiger partial charge in [0.2, 0.25) is 0 Å². The third-order valence-electron chi connectivity index (χ3n) is 3.62. The maximum absolute atomic E-state index is 10.5. The van der Waals surface area contributed by atoms with Crippen molar-refractivity contribution >= 4 is 5.57 Å². The number of aliphatic hydroxyl groups excluding tert-OH is 1. The minimum Gasteiger partial charge on any atom is -0.381 e. The molecule has 0 radical (unpaired) electrons. The lowest BCUT2D eigenvalue weighted by Gasteiger charge is -2.12. The predicted molar refractivity (Wildman–Crippen MR) is 88.1 cm³/mol. The number of aliphatic hydroxyl groups is 1. The van der Waals surface area contributed by atoms with E-state index < -0.39 is 6.10 Å². The smallest absolute Gasteiger partial charge is 0.141 e. The van der Waals surface area contributed by atoms with Gasteiger partial charge in [-0.25, -0.2) is 4.98 Å². The van der Waals surface area contributed by atoms with E-state index in [0.717, 1.165) is 16.7 Å². The molecule has 3 rings (SSSR count). The van der Waals surface area contributed by atoms with Crippen molar-refractivity contribution in [2.75, 3.05) is 0 Å². The molecule has 3 aromatic rings. The second-order valence-corrected chi connectivity index (χ2v) is 5.15. The summed E-state index contributed by atoms with van der Waals surface area (Å²) in [5, 5.41) is 10.5. The minimum atomic E-state index is -0.754. The van der Waals surface area contributed by atoms with Gasteiger partial charge in [0.15, 0.2) is 0 Å². The number of rotatable bonds is 4. The Hall–Kier alpha value is -2.65. The molecule has 0 fully saturated rings. The predicted octanol–water partition coefficient (Wildman–Crippen LogP) is 3.59. The standard InChI is InChI=1S/C19H18N2O/c1-21-13-12-20-19(21)18(22)14-17(15-8-4-2-5-9-15)16-10-6-3-7-11-16/h2-14,18,22H,1H3. The van der Waals surface area contributed by atoms with E-state index >= 15 is 0 Å². The molecule has 22 heavy (non-hydrogen) atoms. The van der Waals surface area contributed by atoms with Gasteiger partial charge in [-0.3, -0.25) is 0 Å². The molecular weight excluding hydrogens is 272 g/mol. The highest BCUT2D eigenvalue weighted by molar-refractivity contribution is 5.80. The van der Waals surface area contributed by atoms with Crippen LogP contribution in [0.3, 0.4) is 0 Å². The first-order valence-corrected chi connectivity index (χ1v) is 7.23. The van der Waals surface area contributed by atoms with E-state index in [1.54, 1.807) is 6.20 Å². The minimum absolute atomic E-state index is 0.629. The zero-order valence-corrected chi connectivity index (χ0v) is 12.4. The van der Waals surface area contributed by atoms with Gasteiger partial charge >= 0.3 is 0 Å². The number of imidazole rings is 1. The van der Waals surface area contributed by atoms with Gasteiger partial charge in [0.1, 0.15) is 11.9 Å². The largest absolute Gasteiger partial charge is 0.381 e. The fraction of sp³-hybridized carbons (Fsp3) is 0.105. The monoisotopic (exact) mass is 290 g/mol. The summed E-state index contributed by atoms with van der Waals surface area (Å²) < 4.78 is 1.83. The van der Waals surface area contributed by atoms with E-state index in [2.05, 4.69) is 4.98 Å². The normalized spacial score (nSPS) is 11.9. The second-order valence-electron chi connectivity index (χ2n) is 5.15. The Labute approximate surface area is 130 Å². The van der Waals surface area contributed by atoms with Crippen LogP contribution in [0, 0.1) is 0 Å². The van der Waals surface area contributed by atoms with Gasteiger partial charge in [-0.2, -0.15) is 0 Å². The Kier molecular flexibility index (Phi) is 4.17. The fourth-order valence-corrected chi connectivity index (χ4v) is 2.49. The van der Waals surface area contributed by atoms with Gasteiger partial charge in [0.05, 0.1) is 0 Å². The third kappa shape index (κ3) is 3.00. The highest BCUT2D eigenvalue weighted by atomic mass is 16.3. The van der Waals surface area contributed by atoms with E-state index in [-0.39, 0.29) is 0 Å². The maximum atomic E-state index is 10.5. The summed E-state index contributed by atoms with van der Waals surface area (Å²) in [7, 11) is 1.88. The Morgan fingerprint density at radius 3 is 2.00 bits per heavy atom. The van der Waals surface area contributed by atoms with Crippen molar-refractivity contribution in [1.82, 2.24) is 9.55 Å². The van der Waals surface area contributed by atoms with Gasteiger partial charge < -0.3 is 9.67 Å². The number of aryl methyl sites for hydroxylation is 1. The molecule has 0 aliphatic heterocycles. The first kappa shape index (κ1) is 14.3. The van der Waals surface area contributed by atoms with E-state index in [9.17, 15) is 5.11 Å². The molecule has 3 heteroatoms. The molecule has 0 bridgehead atoms. The Bertz CT molecular complexity index is 719. The summed E-state index contributed by atoms with van der Waals surface area (Å²) in [6.45, 7) is 0. The van der Waals surface area contributed by atoms with Crippen molar-refractivity contribution in [3.05, 3.63) is 96.1 Å². The fourth-order valence-electron chi connectivity index (χ4n) is 2.49. The van der Waals surface area contributed by atoms with Crippen molar-refractivity contribution < 1.29 is 5.11 Å². The number of aromatic nitrogens is 2. The van der Waals surface area contributed by atoms with Crippen LogP contribution in [0.2, 0.25) is 0 Å². The Balaban J connectivity index is 2.06. The molecule has 1 unspecified atom stereocenters. The van der Waals surface area contributed by atoms with Crippen LogP contribution in [-0.2, 0) is 7.05 Å². The molecule has 1 aromatic heterocycles. The Morgan fingerprint density at radius 1 is 1.00 bits per heavy atom. The second kappa shape index (κ2) is 6.41. The topological polar surface area (TPSA) is 38.0 Å². The van der Waals surface area contributed by atoms with Crippen LogP contribution in [0.4, 0.5) is 0 Å². The van der Waals surface area contributed by atoms with E-state index in [1.165, 1.54) is 0 Å². The number of nitrogens with zero attached hydrogens (tertiary/aromatic N) is 2. The molecule has 3 nitrogen and oxygen atoms in total. The van der Waals surface area contributed by atoms with Crippen molar-refractivity contribution in [3.8, 4) is 0 Å². The molecule has 110 valence electrons. The van der Waals surface area contributed by atoms with Crippen molar-refractivity contribution in [3.63, 3.8) is 0 Å². The zero-order chi connectivity index (χ0) is 15.4. The summed E-state index contributed by atoms with van der Waals surface area (Å²) in [5.74, 6) is 0.629. The van der Waals surface area contributed by atoms with Crippen LogP contribution < -0.4 is 0 Å². The SMILES string of the molecule is Cn1ccnc1C(O)C=C(c1ccccc1)c1ccccc1. The van der Waals surface area contributed by atoms with Crippen LogP contribution >= 0.6 is 0 Å². The van der Waals surface area contributed by atoms with Crippen LogP contribution in [0.5, 0.6) is 0 Å². The summed E-state index contributed by atoms with van der Waals surface area (Å²) in [5.41, 5.74) is 3.14. The molecule has 1 heterocycles. The van der Waals surface area contributed by atoms with E-state index in [0.29, 0.717) is 5.82 Å². The van der Waals surface area contributed by atoms with Gasteiger partial charge in [0.25, 0.3) is 0 Å². The number of hydrogen-bond donors (Lipinski definition) is 1. The van der Waals surface area contributed by atoms with Crippen LogP contribution in [-0.4, -0.2) is 14.7 Å². The molecule has 0 aliphatic carbocycles. The Morgan fingerprint density at radius 2 is 1.55 bits per heavy atom. The molecule has 0 spiro atoms. The quantitative estimate of drug-likeness (QED) is 0.797. The molecule has 2 aromatic carbocycles. The first-order valence-electron chi connectivity index (χ1n) is 7.23. The molecule has 0 saturated carbocycles. The lowest BCUT2D eigenvalue weighted by Crippen LogP contribution is -2.04. The van der Waals surface area contributed by atoms with Gasteiger partial charge in [-0.15, -0.1) is 0 Å². The average molecular weight is 290 g/mol. The van der Waals surface area contributed by atoms with Crippen LogP contribution in [0.25, 0.3) is 5.57 Å². The average Bonchev–Trinajstić information content (AvgIpc) is 3.00.